The molecule has 0 radical (unpaired) electrons. The second-order valence-electron chi connectivity index (χ2n) is 8.86. The number of hydrogen-bond acceptors (Lipinski definition) is 4. The summed E-state index contributed by atoms with van der Waals surface area (Å²) in [6.45, 7) is 4.89. The average molecular weight is 425 g/mol. The maximum absolute atomic E-state index is 13.0. The van der Waals surface area contributed by atoms with E-state index in [0.29, 0.717) is 37.6 Å². The topological polar surface area (TPSA) is 76.5 Å². The molecule has 31 heavy (non-hydrogen) atoms. The Morgan fingerprint density at radius 1 is 1.19 bits per heavy atom. The summed E-state index contributed by atoms with van der Waals surface area (Å²) < 4.78 is 7.75. The van der Waals surface area contributed by atoms with Crippen LogP contribution in [0.2, 0.25) is 0 Å². The van der Waals surface area contributed by atoms with Crippen molar-refractivity contribution in [3.8, 4) is 5.75 Å². The smallest absolute Gasteiger partial charge is 0.255 e. The quantitative estimate of drug-likeness (QED) is 0.803. The molecule has 0 bridgehead atoms. The van der Waals surface area contributed by atoms with E-state index in [1.807, 2.05) is 46.9 Å². The second kappa shape index (κ2) is 9.54. The van der Waals surface area contributed by atoms with Gasteiger partial charge in [0, 0.05) is 37.4 Å². The zero-order valence-corrected chi connectivity index (χ0v) is 18.3. The molecular formula is C24H32N4O3. The fourth-order valence-electron chi connectivity index (χ4n) is 4.78. The number of ether oxygens (including phenoxy) is 1. The monoisotopic (exact) mass is 424 g/mol. The van der Waals surface area contributed by atoms with Crippen LogP contribution in [-0.2, 0) is 11.3 Å². The van der Waals surface area contributed by atoms with Crippen molar-refractivity contribution in [3.63, 3.8) is 0 Å². The third-order valence-electron chi connectivity index (χ3n) is 6.61. The van der Waals surface area contributed by atoms with E-state index in [1.54, 1.807) is 6.20 Å². The molecule has 1 aromatic heterocycles. The van der Waals surface area contributed by atoms with Gasteiger partial charge in [0.05, 0.1) is 12.2 Å². The van der Waals surface area contributed by atoms with E-state index < -0.39 is 0 Å². The Labute approximate surface area is 183 Å². The minimum absolute atomic E-state index is 0.0808. The zero-order valence-electron chi connectivity index (χ0n) is 18.3. The van der Waals surface area contributed by atoms with Crippen LogP contribution in [0.5, 0.6) is 5.75 Å². The maximum Gasteiger partial charge on any atom is 0.255 e. The van der Waals surface area contributed by atoms with Gasteiger partial charge in [-0.1, -0.05) is 25.0 Å². The number of nitrogens with zero attached hydrogens (tertiary/aromatic N) is 3. The zero-order chi connectivity index (χ0) is 21.7. The number of imidazole rings is 1. The fraction of sp³-hybridized carbons (Fsp3) is 0.542. The molecule has 1 aromatic carbocycles. The number of hydrogen-bond donors (Lipinski definition) is 1. The highest BCUT2D eigenvalue weighted by Crippen LogP contribution is 2.35. The Hall–Kier alpha value is -2.83. The molecule has 166 valence electrons. The van der Waals surface area contributed by atoms with Crippen LogP contribution in [0.25, 0.3) is 0 Å². The van der Waals surface area contributed by atoms with Crippen LogP contribution in [0.1, 0.15) is 54.7 Å². The maximum atomic E-state index is 13.0. The summed E-state index contributed by atoms with van der Waals surface area (Å²) in [5, 5.41) is 3.16. The number of likely N-dealkylation sites (tertiary alicyclic amines) is 1. The summed E-state index contributed by atoms with van der Waals surface area (Å²) in [5.41, 5.74) is 0.500. The molecule has 1 atom stereocenters. The van der Waals surface area contributed by atoms with Crippen molar-refractivity contribution in [1.29, 1.82) is 0 Å². The minimum atomic E-state index is -0.104. The first-order valence-corrected chi connectivity index (χ1v) is 11.3. The van der Waals surface area contributed by atoms with E-state index >= 15 is 0 Å². The fourth-order valence-corrected chi connectivity index (χ4v) is 4.78. The third-order valence-corrected chi connectivity index (χ3v) is 6.61. The lowest BCUT2D eigenvalue weighted by Crippen LogP contribution is -2.51. The number of benzene rings is 1. The number of carbonyl (C=O) groups excluding carboxylic acids is 2. The summed E-state index contributed by atoms with van der Waals surface area (Å²) in [5.74, 6) is 1.51. The standard InChI is InChI=1S/C24H32N4O3/c1-19-25-12-14-27(19)16-22(29)28-13-7-11-24(18-28)10-5-2-6-15-31-21-9-4-3-8-20(21)23(30)26-17-24/h3-4,8-9,12,14H,2,5-7,10-11,13,15-18H2,1H3,(H,26,30). The van der Waals surface area contributed by atoms with Crippen LogP contribution in [0.4, 0.5) is 0 Å². The SMILES string of the molecule is Cc1nccn1CC(=O)N1CCCC2(CCCCCOc3ccccc3C(=O)NC2)C1. The Bertz CT molecular complexity index is 925. The van der Waals surface area contributed by atoms with Gasteiger partial charge in [0.2, 0.25) is 5.91 Å². The van der Waals surface area contributed by atoms with Gasteiger partial charge in [-0.3, -0.25) is 9.59 Å². The summed E-state index contributed by atoms with van der Waals surface area (Å²) in [7, 11) is 0. The van der Waals surface area contributed by atoms with Gasteiger partial charge in [-0.05, 0) is 44.7 Å². The van der Waals surface area contributed by atoms with Crippen molar-refractivity contribution in [1.82, 2.24) is 19.8 Å². The van der Waals surface area contributed by atoms with E-state index in [0.717, 1.165) is 50.9 Å². The molecule has 7 nitrogen and oxygen atoms in total. The summed E-state index contributed by atoms with van der Waals surface area (Å²) >= 11 is 0. The molecule has 2 amide bonds. The van der Waals surface area contributed by atoms with Crippen LogP contribution >= 0.6 is 0 Å². The highest BCUT2D eigenvalue weighted by atomic mass is 16.5. The Morgan fingerprint density at radius 2 is 2.03 bits per heavy atom. The van der Waals surface area contributed by atoms with Gasteiger partial charge in [-0.25, -0.2) is 4.98 Å². The highest BCUT2D eigenvalue weighted by Gasteiger charge is 2.37. The number of nitrogens with one attached hydrogen (secondary N) is 1. The first-order chi connectivity index (χ1) is 15.1. The molecule has 1 fully saturated rings. The lowest BCUT2D eigenvalue weighted by atomic mass is 9.75. The Kier molecular flexibility index (Phi) is 6.59. The summed E-state index contributed by atoms with van der Waals surface area (Å²) in [6.07, 6.45) is 9.69. The van der Waals surface area contributed by atoms with Crippen molar-refractivity contribution in [3.05, 3.63) is 48.0 Å². The van der Waals surface area contributed by atoms with Crippen molar-refractivity contribution in [2.75, 3.05) is 26.2 Å². The normalized spacial score (nSPS) is 22.6. The number of para-hydroxylation sites is 1. The van der Waals surface area contributed by atoms with E-state index in [2.05, 4.69) is 10.3 Å². The molecule has 1 unspecified atom stereocenters. The van der Waals surface area contributed by atoms with Crippen molar-refractivity contribution < 1.29 is 14.3 Å². The van der Waals surface area contributed by atoms with Gasteiger partial charge in [0.25, 0.3) is 5.91 Å². The van der Waals surface area contributed by atoms with Gasteiger partial charge in [-0.15, -0.1) is 0 Å². The predicted octanol–water partition coefficient (Wildman–Crippen LogP) is 3.18. The molecule has 1 saturated heterocycles. The molecule has 0 aliphatic carbocycles. The first kappa shape index (κ1) is 21.4. The number of aromatic nitrogens is 2. The first-order valence-electron chi connectivity index (χ1n) is 11.3. The van der Waals surface area contributed by atoms with Gasteiger partial charge in [0.15, 0.2) is 0 Å². The van der Waals surface area contributed by atoms with Crippen LogP contribution in [0.3, 0.4) is 0 Å². The lowest BCUT2D eigenvalue weighted by Gasteiger charge is -2.43. The van der Waals surface area contributed by atoms with E-state index in [4.69, 9.17) is 4.74 Å². The van der Waals surface area contributed by atoms with Crippen molar-refractivity contribution in [2.45, 2.75) is 52.0 Å². The minimum Gasteiger partial charge on any atom is -0.493 e. The number of piperidine rings is 1. The molecule has 1 N–H and O–H groups in total. The molecule has 4 rings (SSSR count). The van der Waals surface area contributed by atoms with Gasteiger partial charge < -0.3 is 19.5 Å². The van der Waals surface area contributed by atoms with Crippen LogP contribution in [0, 0.1) is 12.3 Å². The second-order valence-corrected chi connectivity index (χ2v) is 8.86. The number of rotatable bonds is 2. The summed E-state index contributed by atoms with van der Waals surface area (Å²) in [6, 6.07) is 7.43. The van der Waals surface area contributed by atoms with E-state index in [-0.39, 0.29) is 17.2 Å². The highest BCUT2D eigenvalue weighted by molar-refractivity contribution is 5.96. The number of fused-ring (bicyclic) bond motifs is 1. The van der Waals surface area contributed by atoms with Crippen LogP contribution < -0.4 is 10.1 Å². The molecule has 1 spiro atoms. The van der Waals surface area contributed by atoms with Crippen molar-refractivity contribution in [2.24, 2.45) is 5.41 Å². The molecule has 7 heteroatoms. The van der Waals surface area contributed by atoms with Gasteiger partial charge in [-0.2, -0.15) is 0 Å². The van der Waals surface area contributed by atoms with Gasteiger partial charge >= 0.3 is 0 Å². The molecule has 3 heterocycles. The van der Waals surface area contributed by atoms with Crippen molar-refractivity contribution >= 4 is 11.8 Å². The third kappa shape index (κ3) is 5.09. The number of aryl methyl sites for hydroxylation is 1. The number of amides is 2. The predicted molar refractivity (Wildman–Crippen MR) is 118 cm³/mol. The van der Waals surface area contributed by atoms with Crippen LogP contribution in [-0.4, -0.2) is 52.5 Å². The molecule has 0 saturated carbocycles. The Balaban J connectivity index is 1.48. The van der Waals surface area contributed by atoms with Gasteiger partial charge in [0.1, 0.15) is 18.1 Å². The number of carbonyl (C=O) groups is 2. The summed E-state index contributed by atoms with van der Waals surface area (Å²) in [4.78, 5) is 32.2. The van der Waals surface area contributed by atoms with E-state index in [9.17, 15) is 9.59 Å². The molecule has 2 aromatic rings. The van der Waals surface area contributed by atoms with Crippen LogP contribution in [0.15, 0.2) is 36.7 Å². The molecular weight excluding hydrogens is 392 g/mol. The molecule has 2 aliphatic heterocycles. The average Bonchev–Trinajstić information content (AvgIpc) is 3.18. The lowest BCUT2D eigenvalue weighted by molar-refractivity contribution is -0.135. The largest absolute Gasteiger partial charge is 0.493 e. The molecule has 2 aliphatic rings. The Morgan fingerprint density at radius 3 is 2.87 bits per heavy atom. The van der Waals surface area contributed by atoms with E-state index in [1.165, 1.54) is 0 Å².